The quantitative estimate of drug-likeness (QED) is 0.925. The molecule has 1 saturated heterocycles. The van der Waals surface area contributed by atoms with Crippen molar-refractivity contribution in [3.63, 3.8) is 0 Å². The van der Waals surface area contributed by atoms with Crippen molar-refractivity contribution in [2.24, 2.45) is 0 Å². The summed E-state index contributed by atoms with van der Waals surface area (Å²) in [5.41, 5.74) is 1.92. The maximum Gasteiger partial charge on any atom is 0.254 e. The Bertz CT molecular complexity index is 712. The van der Waals surface area contributed by atoms with Crippen LogP contribution in [0.4, 0.5) is 5.82 Å². The number of carbonyl (C=O) groups is 1. The van der Waals surface area contributed by atoms with Crippen molar-refractivity contribution in [2.75, 3.05) is 11.9 Å². The molecule has 1 aromatic heterocycles. The van der Waals surface area contributed by atoms with E-state index in [0.717, 1.165) is 36.3 Å². The zero-order valence-electron chi connectivity index (χ0n) is 13.8. The molecule has 1 saturated carbocycles. The highest BCUT2D eigenvalue weighted by Crippen LogP contribution is 2.37. The third-order valence-corrected chi connectivity index (χ3v) is 5.18. The van der Waals surface area contributed by atoms with Crippen molar-refractivity contribution < 1.29 is 4.79 Å². The topological polar surface area (TPSA) is 45.2 Å². The first-order valence-corrected chi connectivity index (χ1v) is 8.90. The predicted molar refractivity (Wildman–Crippen MR) is 95.0 cm³/mol. The fraction of sp³-hybridized carbons (Fsp3) is 0.400. The number of benzene rings is 1. The molecular weight excluding hydrogens is 298 g/mol. The van der Waals surface area contributed by atoms with E-state index in [4.69, 9.17) is 0 Å². The normalized spacial score (nSPS) is 20.7. The first-order chi connectivity index (χ1) is 11.8. The number of aromatic nitrogens is 1. The third kappa shape index (κ3) is 2.88. The van der Waals surface area contributed by atoms with Crippen LogP contribution >= 0.6 is 0 Å². The van der Waals surface area contributed by atoms with Crippen molar-refractivity contribution >= 4 is 11.7 Å². The summed E-state index contributed by atoms with van der Waals surface area (Å²) in [7, 11) is 0. The van der Waals surface area contributed by atoms with Gasteiger partial charge in [0.1, 0.15) is 5.82 Å². The number of amides is 1. The van der Waals surface area contributed by atoms with Gasteiger partial charge in [0.25, 0.3) is 5.91 Å². The number of carbonyl (C=O) groups excluding carboxylic acids is 1. The molecule has 1 aromatic carbocycles. The average molecular weight is 321 g/mol. The number of hydrogen-bond donors (Lipinski definition) is 1. The first-order valence-electron chi connectivity index (χ1n) is 8.90. The number of anilines is 1. The maximum absolute atomic E-state index is 12.9. The Balaban J connectivity index is 1.60. The van der Waals surface area contributed by atoms with E-state index in [9.17, 15) is 4.79 Å². The molecule has 2 fully saturated rings. The van der Waals surface area contributed by atoms with Crippen LogP contribution in [0.3, 0.4) is 0 Å². The number of hydrogen-bond acceptors (Lipinski definition) is 3. The molecule has 4 nitrogen and oxygen atoms in total. The van der Waals surface area contributed by atoms with Crippen LogP contribution in [-0.4, -0.2) is 28.4 Å². The summed E-state index contributed by atoms with van der Waals surface area (Å²) in [5, 5.41) is 3.57. The van der Waals surface area contributed by atoms with Crippen LogP contribution in [0.15, 0.2) is 48.7 Å². The summed E-state index contributed by atoms with van der Waals surface area (Å²) in [6.45, 7) is 0.816. The van der Waals surface area contributed by atoms with E-state index in [2.05, 4.69) is 16.4 Å². The second kappa shape index (κ2) is 6.63. The standard InChI is InChI=1S/C20H23N3O/c24-20(15-7-2-1-3-8-15)23-14-6-12-18(23)17-11-5-13-21-19(17)22-16-9-4-10-16/h1-3,5,7-8,11,13,16,18H,4,6,9-10,12,14H2,(H,21,22)/t18-/m0/s1. The summed E-state index contributed by atoms with van der Waals surface area (Å²) in [6.07, 6.45) is 7.61. The monoisotopic (exact) mass is 321 g/mol. The van der Waals surface area contributed by atoms with Gasteiger partial charge in [0.05, 0.1) is 6.04 Å². The van der Waals surface area contributed by atoms with Crippen molar-refractivity contribution in [3.8, 4) is 0 Å². The van der Waals surface area contributed by atoms with Gasteiger partial charge in [-0.05, 0) is 50.3 Å². The van der Waals surface area contributed by atoms with E-state index in [-0.39, 0.29) is 11.9 Å². The molecule has 4 rings (SSSR count). The Morgan fingerprint density at radius 2 is 1.88 bits per heavy atom. The lowest BCUT2D eigenvalue weighted by molar-refractivity contribution is 0.0736. The zero-order valence-corrected chi connectivity index (χ0v) is 13.8. The molecule has 1 N–H and O–H groups in total. The number of rotatable bonds is 4. The lowest BCUT2D eigenvalue weighted by Gasteiger charge is -2.31. The van der Waals surface area contributed by atoms with Crippen LogP contribution < -0.4 is 5.32 Å². The van der Waals surface area contributed by atoms with Crippen LogP contribution in [-0.2, 0) is 0 Å². The molecule has 2 aliphatic rings. The molecule has 0 bridgehead atoms. The molecular formula is C20H23N3O. The van der Waals surface area contributed by atoms with Crippen molar-refractivity contribution in [2.45, 2.75) is 44.2 Å². The molecule has 0 spiro atoms. The molecule has 124 valence electrons. The van der Waals surface area contributed by atoms with Crippen molar-refractivity contribution in [1.29, 1.82) is 0 Å². The van der Waals surface area contributed by atoms with Crippen molar-refractivity contribution in [1.82, 2.24) is 9.88 Å². The molecule has 1 atom stereocenters. The number of nitrogens with one attached hydrogen (secondary N) is 1. The summed E-state index contributed by atoms with van der Waals surface area (Å²) < 4.78 is 0. The van der Waals surface area contributed by atoms with Gasteiger partial charge in [-0.1, -0.05) is 24.3 Å². The fourth-order valence-corrected chi connectivity index (χ4v) is 3.63. The molecule has 1 amide bonds. The van der Waals surface area contributed by atoms with Gasteiger partial charge in [-0.15, -0.1) is 0 Å². The smallest absolute Gasteiger partial charge is 0.254 e. The molecule has 4 heteroatoms. The molecule has 1 aliphatic heterocycles. The molecule has 0 unspecified atom stereocenters. The minimum Gasteiger partial charge on any atom is -0.367 e. The lowest BCUT2D eigenvalue weighted by Crippen LogP contribution is -2.32. The summed E-state index contributed by atoms with van der Waals surface area (Å²) in [5.74, 6) is 1.08. The molecule has 2 aromatic rings. The van der Waals surface area contributed by atoms with Gasteiger partial charge in [0.2, 0.25) is 0 Å². The van der Waals surface area contributed by atoms with Gasteiger partial charge in [-0.25, -0.2) is 4.98 Å². The molecule has 2 heterocycles. The van der Waals surface area contributed by atoms with E-state index in [1.807, 2.05) is 47.5 Å². The Hall–Kier alpha value is -2.36. The van der Waals surface area contributed by atoms with E-state index >= 15 is 0 Å². The molecule has 0 radical (unpaired) electrons. The second-order valence-electron chi connectivity index (χ2n) is 6.74. The number of likely N-dealkylation sites (tertiary alicyclic amines) is 1. The molecule has 1 aliphatic carbocycles. The van der Waals surface area contributed by atoms with E-state index in [1.54, 1.807) is 0 Å². The van der Waals surface area contributed by atoms with Gasteiger partial charge in [-0.2, -0.15) is 0 Å². The fourth-order valence-electron chi connectivity index (χ4n) is 3.63. The van der Waals surface area contributed by atoms with Crippen LogP contribution in [0.1, 0.15) is 54.1 Å². The predicted octanol–water partition coefficient (Wildman–Crippen LogP) is 4.02. The highest BCUT2D eigenvalue weighted by molar-refractivity contribution is 5.94. The SMILES string of the molecule is O=C(c1ccccc1)N1CCC[C@H]1c1cccnc1NC1CCC1. The average Bonchev–Trinajstić information content (AvgIpc) is 3.08. The summed E-state index contributed by atoms with van der Waals surface area (Å²) in [4.78, 5) is 19.5. The lowest BCUT2D eigenvalue weighted by atomic mass is 9.92. The van der Waals surface area contributed by atoms with Gasteiger partial charge >= 0.3 is 0 Å². The van der Waals surface area contributed by atoms with Crippen LogP contribution in [0.5, 0.6) is 0 Å². The minimum atomic E-state index is 0.119. The number of pyridine rings is 1. The second-order valence-corrected chi connectivity index (χ2v) is 6.74. The Kier molecular flexibility index (Phi) is 4.20. The Labute approximate surface area is 142 Å². The maximum atomic E-state index is 12.9. The van der Waals surface area contributed by atoms with Gasteiger partial charge in [0, 0.05) is 29.9 Å². The Morgan fingerprint density at radius 3 is 2.62 bits per heavy atom. The van der Waals surface area contributed by atoms with Gasteiger partial charge < -0.3 is 10.2 Å². The summed E-state index contributed by atoms with van der Waals surface area (Å²) in [6, 6.07) is 14.3. The largest absolute Gasteiger partial charge is 0.367 e. The zero-order chi connectivity index (χ0) is 16.4. The van der Waals surface area contributed by atoms with Gasteiger partial charge in [0.15, 0.2) is 0 Å². The first kappa shape index (κ1) is 15.2. The third-order valence-electron chi connectivity index (χ3n) is 5.18. The van der Waals surface area contributed by atoms with Crippen LogP contribution in [0.25, 0.3) is 0 Å². The van der Waals surface area contributed by atoms with E-state index < -0.39 is 0 Å². The van der Waals surface area contributed by atoms with E-state index in [0.29, 0.717) is 6.04 Å². The highest BCUT2D eigenvalue weighted by Gasteiger charge is 2.32. The van der Waals surface area contributed by atoms with Crippen molar-refractivity contribution in [3.05, 3.63) is 59.8 Å². The van der Waals surface area contributed by atoms with Crippen LogP contribution in [0.2, 0.25) is 0 Å². The molecule has 24 heavy (non-hydrogen) atoms. The minimum absolute atomic E-state index is 0.119. The van der Waals surface area contributed by atoms with E-state index in [1.165, 1.54) is 19.3 Å². The number of nitrogens with zero attached hydrogens (tertiary/aromatic N) is 2. The van der Waals surface area contributed by atoms with Gasteiger partial charge in [-0.3, -0.25) is 4.79 Å². The summed E-state index contributed by atoms with van der Waals surface area (Å²) >= 11 is 0. The highest BCUT2D eigenvalue weighted by atomic mass is 16.2. The van der Waals surface area contributed by atoms with Crippen LogP contribution in [0, 0.1) is 0 Å². The Morgan fingerprint density at radius 1 is 1.04 bits per heavy atom.